The van der Waals surface area contributed by atoms with E-state index in [1.807, 2.05) is 13.0 Å². The van der Waals surface area contributed by atoms with Gasteiger partial charge in [-0.1, -0.05) is 24.6 Å². The van der Waals surface area contributed by atoms with Crippen LogP contribution in [0.4, 0.5) is 11.4 Å². The number of carbonyl (C=O) groups is 2. The van der Waals surface area contributed by atoms with Crippen molar-refractivity contribution in [1.29, 1.82) is 0 Å². The molecule has 0 aliphatic rings. The molecule has 0 bridgehead atoms. The van der Waals surface area contributed by atoms with Gasteiger partial charge >= 0.3 is 0 Å². The van der Waals surface area contributed by atoms with Gasteiger partial charge in [0.15, 0.2) is 11.5 Å². The molecule has 7 heteroatoms. The summed E-state index contributed by atoms with van der Waals surface area (Å²) in [6.07, 6.45) is 4.22. The van der Waals surface area contributed by atoms with E-state index in [9.17, 15) is 9.59 Å². The van der Waals surface area contributed by atoms with Crippen molar-refractivity contribution in [3.05, 3.63) is 53.1 Å². The number of anilines is 2. The maximum absolute atomic E-state index is 12.3. The summed E-state index contributed by atoms with van der Waals surface area (Å²) in [4.78, 5) is 24.0. The first-order valence-corrected chi connectivity index (χ1v) is 9.15. The molecule has 0 fully saturated rings. The second-order valence-electron chi connectivity index (χ2n) is 5.93. The molecule has 2 N–H and O–H groups in total. The minimum atomic E-state index is -0.353. The minimum absolute atomic E-state index is 0.0875. The first-order chi connectivity index (χ1) is 13.5. The van der Waals surface area contributed by atoms with Crippen LogP contribution in [0.1, 0.15) is 25.3 Å². The van der Waals surface area contributed by atoms with Gasteiger partial charge in [0.05, 0.1) is 24.9 Å². The zero-order chi connectivity index (χ0) is 20.5. The van der Waals surface area contributed by atoms with Crippen LogP contribution in [0.25, 0.3) is 6.08 Å². The van der Waals surface area contributed by atoms with Gasteiger partial charge < -0.3 is 20.1 Å². The zero-order valence-electron chi connectivity index (χ0n) is 16.0. The lowest BCUT2D eigenvalue weighted by molar-refractivity contribution is -0.116. The minimum Gasteiger partial charge on any atom is -0.493 e. The molecule has 2 aromatic rings. The van der Waals surface area contributed by atoms with Crippen LogP contribution in [-0.4, -0.2) is 26.0 Å². The molecular weight excluding hydrogens is 380 g/mol. The van der Waals surface area contributed by atoms with E-state index in [1.165, 1.54) is 6.08 Å². The normalized spacial score (nSPS) is 10.6. The van der Waals surface area contributed by atoms with Crippen molar-refractivity contribution in [2.45, 2.75) is 19.8 Å². The third-order valence-electron chi connectivity index (χ3n) is 3.82. The van der Waals surface area contributed by atoms with Gasteiger partial charge in [0.2, 0.25) is 11.8 Å². The molecule has 2 aromatic carbocycles. The number of benzene rings is 2. The van der Waals surface area contributed by atoms with Gasteiger partial charge in [-0.2, -0.15) is 0 Å². The predicted octanol–water partition coefficient (Wildman–Crippen LogP) is 4.75. The third-order valence-corrected chi connectivity index (χ3v) is 4.15. The third kappa shape index (κ3) is 6.03. The van der Waals surface area contributed by atoms with E-state index in [-0.39, 0.29) is 11.8 Å². The topological polar surface area (TPSA) is 76.7 Å². The largest absolute Gasteiger partial charge is 0.493 e. The van der Waals surface area contributed by atoms with Crippen LogP contribution in [0.2, 0.25) is 5.02 Å². The molecule has 0 unspecified atom stereocenters. The van der Waals surface area contributed by atoms with Crippen molar-refractivity contribution < 1.29 is 19.1 Å². The van der Waals surface area contributed by atoms with Crippen LogP contribution in [0.15, 0.2) is 42.5 Å². The van der Waals surface area contributed by atoms with E-state index >= 15 is 0 Å². The summed E-state index contributed by atoms with van der Waals surface area (Å²) in [6, 6.07) is 10.3. The summed E-state index contributed by atoms with van der Waals surface area (Å²) in [7, 11) is 3.11. The van der Waals surface area contributed by atoms with Gasteiger partial charge in [-0.15, -0.1) is 0 Å². The van der Waals surface area contributed by atoms with Crippen molar-refractivity contribution in [2.75, 3.05) is 24.9 Å². The molecule has 0 atom stereocenters. The number of carbonyl (C=O) groups excluding carboxylic acids is 2. The number of rotatable bonds is 8. The fourth-order valence-electron chi connectivity index (χ4n) is 2.45. The lowest BCUT2D eigenvalue weighted by Crippen LogP contribution is -2.12. The van der Waals surface area contributed by atoms with Crippen molar-refractivity contribution >= 4 is 40.9 Å². The molecule has 0 saturated carbocycles. The summed E-state index contributed by atoms with van der Waals surface area (Å²) in [5.74, 6) is 0.741. The Balaban J connectivity index is 2.08. The smallest absolute Gasteiger partial charge is 0.248 e. The maximum atomic E-state index is 12.3. The number of hydrogen-bond acceptors (Lipinski definition) is 4. The quantitative estimate of drug-likeness (QED) is 0.625. The summed E-state index contributed by atoms with van der Waals surface area (Å²) in [5, 5.41) is 5.86. The van der Waals surface area contributed by atoms with Crippen LogP contribution in [-0.2, 0) is 9.59 Å². The molecule has 2 rings (SSSR count). The molecule has 0 radical (unpaired) electrons. The molecule has 0 heterocycles. The molecule has 0 saturated heterocycles. The van der Waals surface area contributed by atoms with E-state index < -0.39 is 0 Å². The summed E-state index contributed by atoms with van der Waals surface area (Å²) < 4.78 is 10.4. The first-order valence-electron chi connectivity index (χ1n) is 8.77. The Labute approximate surface area is 169 Å². The Morgan fingerprint density at radius 1 is 1.04 bits per heavy atom. The maximum Gasteiger partial charge on any atom is 0.248 e. The number of hydrogen-bond donors (Lipinski definition) is 2. The molecule has 28 heavy (non-hydrogen) atoms. The highest BCUT2D eigenvalue weighted by Crippen LogP contribution is 2.28. The Kier molecular flexibility index (Phi) is 7.89. The SMILES string of the molecule is CCCC(=O)Nc1ccc(Cl)c(NC(=O)/C=C/c2ccc(OC)c(OC)c2)c1. The number of amides is 2. The fourth-order valence-corrected chi connectivity index (χ4v) is 2.62. The van der Waals surface area contributed by atoms with Crippen molar-refractivity contribution in [3.8, 4) is 11.5 Å². The van der Waals surface area contributed by atoms with E-state index in [0.29, 0.717) is 34.3 Å². The van der Waals surface area contributed by atoms with E-state index in [1.54, 1.807) is 50.6 Å². The Hall–Kier alpha value is -2.99. The number of halogens is 1. The van der Waals surface area contributed by atoms with Crippen LogP contribution in [0.3, 0.4) is 0 Å². The van der Waals surface area contributed by atoms with Gasteiger partial charge in [-0.25, -0.2) is 0 Å². The molecule has 148 valence electrons. The first kappa shape index (κ1) is 21.3. The molecule has 0 spiro atoms. The monoisotopic (exact) mass is 402 g/mol. The highest BCUT2D eigenvalue weighted by molar-refractivity contribution is 6.34. The molecular formula is C21H23ClN2O4. The molecule has 2 amide bonds. The molecule has 6 nitrogen and oxygen atoms in total. The van der Waals surface area contributed by atoms with E-state index in [0.717, 1.165) is 12.0 Å². The van der Waals surface area contributed by atoms with Gasteiger partial charge in [0.25, 0.3) is 0 Å². The van der Waals surface area contributed by atoms with Gasteiger partial charge in [-0.3, -0.25) is 9.59 Å². The average Bonchev–Trinajstić information content (AvgIpc) is 2.68. The van der Waals surface area contributed by atoms with Crippen molar-refractivity contribution in [3.63, 3.8) is 0 Å². The number of methoxy groups -OCH3 is 2. The molecule has 0 aromatic heterocycles. The zero-order valence-corrected chi connectivity index (χ0v) is 16.8. The van der Waals surface area contributed by atoms with Crippen molar-refractivity contribution in [1.82, 2.24) is 0 Å². The highest BCUT2D eigenvalue weighted by Gasteiger charge is 2.08. The van der Waals surface area contributed by atoms with Gasteiger partial charge in [0, 0.05) is 18.2 Å². The second-order valence-corrected chi connectivity index (χ2v) is 6.34. The van der Waals surface area contributed by atoms with E-state index in [4.69, 9.17) is 21.1 Å². The standard InChI is InChI=1S/C21H23ClN2O4/c1-4-5-20(25)23-15-8-9-16(22)17(13-15)24-21(26)11-7-14-6-10-18(27-2)19(12-14)28-3/h6-13H,4-5H2,1-3H3,(H,23,25)(H,24,26)/b11-7+. The molecule has 0 aliphatic carbocycles. The number of ether oxygens (including phenoxy) is 2. The predicted molar refractivity (Wildman–Crippen MR) is 112 cm³/mol. The second kappa shape index (κ2) is 10.4. The van der Waals surface area contributed by atoms with Crippen molar-refractivity contribution in [2.24, 2.45) is 0 Å². The van der Waals surface area contributed by atoms with Crippen LogP contribution in [0, 0.1) is 0 Å². The van der Waals surface area contributed by atoms with E-state index in [2.05, 4.69) is 10.6 Å². The Morgan fingerprint density at radius 3 is 2.46 bits per heavy atom. The van der Waals surface area contributed by atoms with Gasteiger partial charge in [0.1, 0.15) is 0 Å². The Bertz CT molecular complexity index is 881. The lowest BCUT2D eigenvalue weighted by atomic mass is 10.2. The molecule has 0 aliphatic heterocycles. The fraction of sp³-hybridized carbons (Fsp3) is 0.238. The summed E-state index contributed by atoms with van der Waals surface area (Å²) in [5.41, 5.74) is 1.76. The Morgan fingerprint density at radius 2 is 1.79 bits per heavy atom. The summed E-state index contributed by atoms with van der Waals surface area (Å²) in [6.45, 7) is 1.93. The number of nitrogens with one attached hydrogen (secondary N) is 2. The lowest BCUT2D eigenvalue weighted by Gasteiger charge is -2.10. The summed E-state index contributed by atoms with van der Waals surface area (Å²) >= 11 is 6.15. The highest BCUT2D eigenvalue weighted by atomic mass is 35.5. The van der Waals surface area contributed by atoms with Crippen LogP contribution < -0.4 is 20.1 Å². The average molecular weight is 403 g/mol. The van der Waals surface area contributed by atoms with Crippen LogP contribution in [0.5, 0.6) is 11.5 Å². The van der Waals surface area contributed by atoms with Gasteiger partial charge in [-0.05, 0) is 48.4 Å². The van der Waals surface area contributed by atoms with Crippen LogP contribution >= 0.6 is 11.6 Å².